The first-order valence-corrected chi connectivity index (χ1v) is 8.80. The highest BCUT2D eigenvalue weighted by atomic mass is 19.4. The third kappa shape index (κ3) is 3.72. The molecule has 1 amide bonds. The summed E-state index contributed by atoms with van der Waals surface area (Å²) >= 11 is 0. The van der Waals surface area contributed by atoms with Gasteiger partial charge in [0.05, 0.1) is 16.8 Å². The van der Waals surface area contributed by atoms with Crippen molar-refractivity contribution < 1.29 is 18.0 Å². The lowest BCUT2D eigenvalue weighted by Gasteiger charge is -2.27. The molecule has 0 fully saturated rings. The summed E-state index contributed by atoms with van der Waals surface area (Å²) in [6.45, 7) is 7.72. The Morgan fingerprint density at radius 1 is 1.14 bits per heavy atom. The van der Waals surface area contributed by atoms with Crippen molar-refractivity contribution in [1.29, 1.82) is 0 Å². The number of carbonyl (C=O) groups is 1. The molecular weight excluding hydrogens is 369 g/mol. The lowest BCUT2D eigenvalue weighted by atomic mass is 9.88. The van der Waals surface area contributed by atoms with Crippen LogP contribution in [0.1, 0.15) is 43.9 Å². The van der Waals surface area contributed by atoms with Crippen LogP contribution in [-0.2, 0) is 6.18 Å². The molecule has 148 valence electrons. The maximum Gasteiger partial charge on any atom is 0.418 e. The minimum Gasteiger partial charge on any atom is -0.346 e. The second-order valence-corrected chi connectivity index (χ2v) is 7.70. The average Bonchev–Trinajstić information content (AvgIpc) is 3.00. The van der Waals surface area contributed by atoms with Gasteiger partial charge in [0.2, 0.25) is 5.82 Å². The standard InChI is InChI=1S/C20H21F3N4O/c1-12(19(2,3)4)25-18(28)17-26-15(14-9-5-6-10-24-14)16-13(20(21,22)23)8-7-11-27(16)17/h5-12H,1-4H3,(H,25,28). The second-order valence-electron chi connectivity index (χ2n) is 7.70. The molecule has 1 N–H and O–H groups in total. The SMILES string of the molecule is CC(NC(=O)c1nc(-c2ccccn2)c2c(C(F)(F)F)cccn12)C(C)(C)C. The lowest BCUT2D eigenvalue weighted by Crippen LogP contribution is -2.42. The van der Waals surface area contributed by atoms with Crippen molar-refractivity contribution >= 4 is 11.4 Å². The third-order valence-electron chi connectivity index (χ3n) is 4.73. The Labute approximate surface area is 160 Å². The predicted molar refractivity (Wildman–Crippen MR) is 99.8 cm³/mol. The molecule has 0 spiro atoms. The quantitative estimate of drug-likeness (QED) is 0.712. The van der Waals surface area contributed by atoms with Gasteiger partial charge in [0.15, 0.2) is 0 Å². The van der Waals surface area contributed by atoms with E-state index in [9.17, 15) is 18.0 Å². The smallest absolute Gasteiger partial charge is 0.346 e. The molecule has 0 saturated heterocycles. The van der Waals surface area contributed by atoms with Crippen LogP contribution in [0.15, 0.2) is 42.7 Å². The van der Waals surface area contributed by atoms with Gasteiger partial charge in [0.1, 0.15) is 5.69 Å². The van der Waals surface area contributed by atoms with Crippen molar-refractivity contribution in [1.82, 2.24) is 19.7 Å². The normalized spacial score (nSPS) is 13.5. The van der Waals surface area contributed by atoms with E-state index in [4.69, 9.17) is 0 Å². The van der Waals surface area contributed by atoms with Crippen LogP contribution in [0.25, 0.3) is 16.9 Å². The van der Waals surface area contributed by atoms with Crippen molar-refractivity contribution in [3.63, 3.8) is 0 Å². The van der Waals surface area contributed by atoms with E-state index in [-0.39, 0.29) is 34.2 Å². The molecule has 0 saturated carbocycles. The van der Waals surface area contributed by atoms with E-state index in [1.807, 2.05) is 27.7 Å². The Morgan fingerprint density at radius 2 is 1.86 bits per heavy atom. The molecule has 0 radical (unpaired) electrons. The minimum absolute atomic E-state index is 0.0158. The summed E-state index contributed by atoms with van der Waals surface area (Å²) in [7, 11) is 0. The van der Waals surface area contributed by atoms with Crippen LogP contribution in [0.2, 0.25) is 0 Å². The maximum atomic E-state index is 13.6. The van der Waals surface area contributed by atoms with Gasteiger partial charge in [-0.2, -0.15) is 13.2 Å². The highest BCUT2D eigenvalue weighted by Crippen LogP contribution is 2.36. The fourth-order valence-corrected chi connectivity index (χ4v) is 2.69. The van der Waals surface area contributed by atoms with Crippen LogP contribution in [0, 0.1) is 5.41 Å². The number of halogens is 3. The van der Waals surface area contributed by atoms with Crippen LogP contribution in [0.4, 0.5) is 13.2 Å². The maximum absolute atomic E-state index is 13.6. The van der Waals surface area contributed by atoms with Crippen molar-refractivity contribution in [2.24, 2.45) is 5.41 Å². The van der Waals surface area contributed by atoms with E-state index in [2.05, 4.69) is 15.3 Å². The van der Waals surface area contributed by atoms with E-state index in [1.54, 1.807) is 18.2 Å². The number of hydrogen-bond donors (Lipinski definition) is 1. The number of carbonyl (C=O) groups excluding carboxylic acids is 1. The molecule has 3 rings (SSSR count). The Morgan fingerprint density at radius 3 is 2.43 bits per heavy atom. The van der Waals surface area contributed by atoms with Gasteiger partial charge in [-0.25, -0.2) is 4.98 Å². The number of amides is 1. The Hall–Kier alpha value is -2.90. The number of nitrogens with one attached hydrogen (secondary N) is 1. The van der Waals surface area contributed by atoms with E-state index in [0.717, 1.165) is 6.07 Å². The van der Waals surface area contributed by atoms with Crippen molar-refractivity contribution in [3.05, 3.63) is 54.1 Å². The van der Waals surface area contributed by atoms with E-state index >= 15 is 0 Å². The fraction of sp³-hybridized carbons (Fsp3) is 0.350. The Kier molecular flexibility index (Phi) is 4.91. The van der Waals surface area contributed by atoms with Crippen LogP contribution >= 0.6 is 0 Å². The van der Waals surface area contributed by atoms with Gasteiger partial charge in [-0.1, -0.05) is 26.8 Å². The largest absolute Gasteiger partial charge is 0.418 e. The molecule has 0 aromatic carbocycles. The molecule has 8 heteroatoms. The topological polar surface area (TPSA) is 59.3 Å². The van der Waals surface area contributed by atoms with Crippen molar-refractivity contribution in [2.45, 2.75) is 39.9 Å². The van der Waals surface area contributed by atoms with Gasteiger partial charge in [0.25, 0.3) is 5.91 Å². The molecule has 3 heterocycles. The molecular formula is C20H21F3N4O. The van der Waals surface area contributed by atoms with Gasteiger partial charge in [0, 0.05) is 18.4 Å². The predicted octanol–water partition coefficient (Wildman–Crippen LogP) is 4.58. The van der Waals surface area contributed by atoms with Crippen molar-refractivity contribution in [2.75, 3.05) is 0 Å². The van der Waals surface area contributed by atoms with Crippen LogP contribution < -0.4 is 5.32 Å². The minimum atomic E-state index is -4.60. The van der Waals surface area contributed by atoms with Gasteiger partial charge in [-0.15, -0.1) is 0 Å². The number of pyridine rings is 2. The molecule has 0 aliphatic heterocycles. The number of nitrogens with zero attached hydrogens (tertiary/aromatic N) is 3. The third-order valence-corrected chi connectivity index (χ3v) is 4.73. The molecule has 1 unspecified atom stereocenters. The van der Waals surface area contributed by atoms with Crippen molar-refractivity contribution in [3.8, 4) is 11.4 Å². The summed E-state index contributed by atoms with van der Waals surface area (Å²) in [6, 6.07) is 6.90. The summed E-state index contributed by atoms with van der Waals surface area (Å²) < 4.78 is 42.1. The summed E-state index contributed by atoms with van der Waals surface area (Å²) in [6.07, 6.45) is -1.72. The monoisotopic (exact) mass is 390 g/mol. The Balaban J connectivity index is 2.22. The van der Waals surface area contributed by atoms with E-state index < -0.39 is 17.6 Å². The Bertz CT molecular complexity index is 1000. The number of aromatic nitrogens is 3. The second kappa shape index (κ2) is 6.92. The average molecular weight is 390 g/mol. The number of alkyl halides is 3. The highest BCUT2D eigenvalue weighted by molar-refractivity contribution is 5.95. The molecule has 0 bridgehead atoms. The zero-order valence-corrected chi connectivity index (χ0v) is 16.0. The van der Waals surface area contributed by atoms with Crippen LogP contribution in [0.3, 0.4) is 0 Å². The molecule has 0 aliphatic rings. The zero-order chi connectivity index (χ0) is 20.7. The highest BCUT2D eigenvalue weighted by Gasteiger charge is 2.36. The number of rotatable bonds is 3. The summed E-state index contributed by atoms with van der Waals surface area (Å²) in [4.78, 5) is 21.2. The van der Waals surface area contributed by atoms with Gasteiger partial charge in [-0.3, -0.25) is 14.2 Å². The van der Waals surface area contributed by atoms with Gasteiger partial charge in [-0.05, 0) is 36.6 Å². The first-order chi connectivity index (χ1) is 13.0. The zero-order valence-electron chi connectivity index (χ0n) is 16.0. The van der Waals surface area contributed by atoms with Crippen LogP contribution in [-0.4, -0.2) is 26.3 Å². The lowest BCUT2D eigenvalue weighted by molar-refractivity contribution is -0.136. The van der Waals surface area contributed by atoms with E-state index in [1.165, 1.54) is 22.9 Å². The number of imidazole rings is 1. The molecule has 5 nitrogen and oxygen atoms in total. The van der Waals surface area contributed by atoms with Gasteiger partial charge >= 0.3 is 6.18 Å². The van der Waals surface area contributed by atoms with E-state index in [0.29, 0.717) is 0 Å². The first-order valence-electron chi connectivity index (χ1n) is 8.80. The summed E-state index contributed by atoms with van der Waals surface area (Å²) in [5, 5.41) is 2.83. The number of hydrogen-bond acceptors (Lipinski definition) is 3. The van der Waals surface area contributed by atoms with Gasteiger partial charge < -0.3 is 5.32 Å². The fourth-order valence-electron chi connectivity index (χ4n) is 2.69. The molecule has 28 heavy (non-hydrogen) atoms. The molecule has 0 aliphatic carbocycles. The molecule has 3 aromatic heterocycles. The summed E-state index contributed by atoms with van der Waals surface area (Å²) in [5.74, 6) is -0.656. The first kappa shape index (κ1) is 19.9. The molecule has 3 aromatic rings. The molecule has 1 atom stereocenters. The summed E-state index contributed by atoms with van der Waals surface area (Å²) in [5.41, 5.74) is -1.00. The van der Waals surface area contributed by atoms with Crippen LogP contribution in [0.5, 0.6) is 0 Å². The number of fused-ring (bicyclic) bond motifs is 1.